The zero-order valence-corrected chi connectivity index (χ0v) is 11.9. The van der Waals surface area contributed by atoms with Crippen LogP contribution in [0.3, 0.4) is 0 Å². The van der Waals surface area contributed by atoms with Gasteiger partial charge in [0.1, 0.15) is 5.78 Å². The molecule has 2 saturated heterocycles. The second-order valence-corrected chi connectivity index (χ2v) is 6.59. The number of hydrogen-bond donors (Lipinski definition) is 1. The van der Waals surface area contributed by atoms with E-state index in [2.05, 4.69) is 5.32 Å². The van der Waals surface area contributed by atoms with Crippen molar-refractivity contribution in [3.05, 3.63) is 0 Å². The molecule has 19 heavy (non-hydrogen) atoms. The number of rotatable bonds is 4. The van der Waals surface area contributed by atoms with Crippen molar-refractivity contribution in [2.45, 2.75) is 82.4 Å². The number of piperidine rings is 1. The maximum atomic E-state index is 12.3. The molecule has 2 aliphatic heterocycles. The number of ether oxygens (including phenoxy) is 1. The van der Waals surface area contributed by atoms with Crippen molar-refractivity contribution in [3.63, 3.8) is 0 Å². The molecule has 4 unspecified atom stereocenters. The van der Waals surface area contributed by atoms with Gasteiger partial charge in [-0.1, -0.05) is 12.8 Å². The van der Waals surface area contributed by atoms with E-state index in [0.29, 0.717) is 24.3 Å². The third kappa shape index (κ3) is 3.38. The Labute approximate surface area is 116 Å². The van der Waals surface area contributed by atoms with Crippen molar-refractivity contribution in [1.29, 1.82) is 0 Å². The van der Waals surface area contributed by atoms with Crippen LogP contribution in [0.2, 0.25) is 0 Å². The molecule has 0 amide bonds. The first-order chi connectivity index (χ1) is 9.33. The van der Waals surface area contributed by atoms with Gasteiger partial charge >= 0.3 is 0 Å². The Hall–Kier alpha value is -0.410. The Morgan fingerprint density at radius 3 is 2.79 bits per heavy atom. The van der Waals surface area contributed by atoms with E-state index in [1.165, 1.54) is 38.5 Å². The molecule has 0 aromatic rings. The lowest BCUT2D eigenvalue weighted by atomic mass is 9.77. The Morgan fingerprint density at radius 2 is 1.95 bits per heavy atom. The smallest absolute Gasteiger partial charge is 0.149 e. The first-order valence-electron chi connectivity index (χ1n) is 8.23. The molecule has 1 aliphatic carbocycles. The highest BCUT2D eigenvalue weighted by molar-refractivity contribution is 5.84. The highest BCUT2D eigenvalue weighted by Crippen LogP contribution is 2.32. The Balaban J connectivity index is 1.44. The monoisotopic (exact) mass is 265 g/mol. The Morgan fingerprint density at radius 1 is 1.05 bits per heavy atom. The summed E-state index contributed by atoms with van der Waals surface area (Å²) < 4.78 is 5.60. The summed E-state index contributed by atoms with van der Waals surface area (Å²) in [5.74, 6) is 1.27. The fourth-order valence-electron chi connectivity index (χ4n) is 4.10. The van der Waals surface area contributed by atoms with Crippen LogP contribution in [0.1, 0.15) is 64.2 Å². The van der Waals surface area contributed by atoms with Crippen molar-refractivity contribution in [1.82, 2.24) is 5.32 Å². The summed E-state index contributed by atoms with van der Waals surface area (Å²) >= 11 is 0. The average molecular weight is 265 g/mol. The summed E-state index contributed by atoms with van der Waals surface area (Å²) in [7, 11) is 0. The predicted molar refractivity (Wildman–Crippen MR) is 75.1 cm³/mol. The number of fused-ring (bicyclic) bond motifs is 1. The second kappa shape index (κ2) is 6.36. The minimum Gasteiger partial charge on any atom is -0.378 e. The average Bonchev–Trinajstić information content (AvgIpc) is 2.97. The summed E-state index contributed by atoms with van der Waals surface area (Å²) in [6.07, 6.45) is 12.0. The number of ketones is 1. The van der Waals surface area contributed by atoms with E-state index in [0.717, 1.165) is 31.8 Å². The van der Waals surface area contributed by atoms with Gasteiger partial charge in [0.2, 0.25) is 0 Å². The van der Waals surface area contributed by atoms with Gasteiger partial charge in [-0.25, -0.2) is 0 Å². The first kappa shape index (κ1) is 13.6. The van der Waals surface area contributed by atoms with Crippen LogP contribution in [0, 0.1) is 5.92 Å². The van der Waals surface area contributed by atoms with E-state index in [1.54, 1.807) is 0 Å². The summed E-state index contributed by atoms with van der Waals surface area (Å²) in [6.45, 7) is 0.893. The molecule has 1 N–H and O–H groups in total. The summed E-state index contributed by atoms with van der Waals surface area (Å²) in [5, 5.41) is 3.64. The van der Waals surface area contributed by atoms with Gasteiger partial charge in [0.05, 0.1) is 12.1 Å². The molecule has 0 aromatic heterocycles. The molecule has 3 rings (SSSR count). The zero-order valence-electron chi connectivity index (χ0n) is 11.9. The minimum absolute atomic E-state index is 0.140. The van der Waals surface area contributed by atoms with Crippen molar-refractivity contribution >= 4 is 5.78 Å². The van der Waals surface area contributed by atoms with Gasteiger partial charge < -0.3 is 10.1 Å². The topological polar surface area (TPSA) is 38.3 Å². The van der Waals surface area contributed by atoms with Crippen molar-refractivity contribution in [2.75, 3.05) is 6.61 Å². The second-order valence-electron chi connectivity index (χ2n) is 6.59. The zero-order chi connectivity index (χ0) is 13.1. The minimum atomic E-state index is 0.140. The van der Waals surface area contributed by atoms with Crippen LogP contribution in [-0.4, -0.2) is 30.6 Å². The summed E-state index contributed by atoms with van der Waals surface area (Å²) in [4.78, 5) is 12.3. The molecule has 4 atom stereocenters. The maximum Gasteiger partial charge on any atom is 0.149 e. The fraction of sp³-hybridized carbons (Fsp3) is 0.938. The van der Waals surface area contributed by atoms with Crippen LogP contribution in [0.25, 0.3) is 0 Å². The number of carbonyl (C=O) groups is 1. The molecule has 0 aromatic carbocycles. The molecule has 3 nitrogen and oxygen atoms in total. The third-order valence-electron chi connectivity index (χ3n) is 5.28. The van der Waals surface area contributed by atoms with Crippen LogP contribution >= 0.6 is 0 Å². The molecular formula is C16H27NO2. The highest BCUT2D eigenvalue weighted by Gasteiger charge is 2.34. The van der Waals surface area contributed by atoms with Crippen LogP contribution in [0.15, 0.2) is 0 Å². The van der Waals surface area contributed by atoms with Crippen molar-refractivity contribution in [2.24, 2.45) is 5.92 Å². The number of Topliss-reactive ketones (excluding diaryl/α,β-unsaturated/α-hetero) is 1. The third-order valence-corrected chi connectivity index (χ3v) is 5.28. The SMILES string of the molecule is O=C(CCC1CCCO1)C1CCC2CCCCC2N1. The van der Waals surface area contributed by atoms with Crippen LogP contribution in [-0.2, 0) is 9.53 Å². The van der Waals surface area contributed by atoms with Gasteiger partial charge in [-0.2, -0.15) is 0 Å². The predicted octanol–water partition coefficient (Wildman–Crippen LogP) is 2.83. The highest BCUT2D eigenvalue weighted by atomic mass is 16.5. The van der Waals surface area contributed by atoms with Crippen molar-refractivity contribution < 1.29 is 9.53 Å². The molecule has 0 spiro atoms. The van der Waals surface area contributed by atoms with E-state index in [-0.39, 0.29) is 6.04 Å². The van der Waals surface area contributed by atoms with Gasteiger partial charge in [-0.05, 0) is 50.9 Å². The lowest BCUT2D eigenvalue weighted by Gasteiger charge is -2.40. The molecule has 0 radical (unpaired) electrons. The van der Waals surface area contributed by atoms with Gasteiger partial charge in [0, 0.05) is 19.1 Å². The van der Waals surface area contributed by atoms with Gasteiger partial charge in [0.25, 0.3) is 0 Å². The normalized spacial score (nSPS) is 38.9. The molecule has 3 fully saturated rings. The van der Waals surface area contributed by atoms with Gasteiger partial charge in [-0.3, -0.25) is 4.79 Å². The number of nitrogens with one attached hydrogen (secondary N) is 1. The van der Waals surface area contributed by atoms with Crippen molar-refractivity contribution in [3.8, 4) is 0 Å². The Bertz CT molecular complexity index is 312. The number of hydrogen-bond acceptors (Lipinski definition) is 3. The molecule has 108 valence electrons. The molecule has 3 aliphatic rings. The van der Waals surface area contributed by atoms with E-state index in [9.17, 15) is 4.79 Å². The van der Waals surface area contributed by atoms with Crippen LogP contribution < -0.4 is 5.32 Å². The van der Waals surface area contributed by atoms with Gasteiger partial charge in [-0.15, -0.1) is 0 Å². The lowest BCUT2D eigenvalue weighted by Crippen LogP contribution is -2.52. The quantitative estimate of drug-likeness (QED) is 0.849. The molecule has 0 bridgehead atoms. The standard InChI is InChI=1S/C16H27NO2/c18-16(10-8-13-5-3-11-19-13)15-9-7-12-4-1-2-6-14(12)17-15/h12-15,17H,1-11H2. The van der Waals surface area contributed by atoms with Crippen LogP contribution in [0.4, 0.5) is 0 Å². The van der Waals surface area contributed by atoms with E-state index in [1.807, 2.05) is 0 Å². The van der Waals surface area contributed by atoms with E-state index >= 15 is 0 Å². The molecular weight excluding hydrogens is 238 g/mol. The first-order valence-corrected chi connectivity index (χ1v) is 8.23. The largest absolute Gasteiger partial charge is 0.378 e. The van der Waals surface area contributed by atoms with E-state index in [4.69, 9.17) is 4.74 Å². The molecule has 3 heteroatoms. The molecule has 2 heterocycles. The fourth-order valence-corrected chi connectivity index (χ4v) is 4.10. The maximum absolute atomic E-state index is 12.3. The lowest BCUT2D eigenvalue weighted by molar-refractivity contribution is -0.123. The number of carbonyl (C=O) groups excluding carboxylic acids is 1. The Kier molecular flexibility index (Phi) is 4.54. The summed E-state index contributed by atoms with van der Waals surface area (Å²) in [6, 6.07) is 0.764. The van der Waals surface area contributed by atoms with Gasteiger partial charge in [0.15, 0.2) is 0 Å². The van der Waals surface area contributed by atoms with Crippen LogP contribution in [0.5, 0.6) is 0 Å². The van der Waals surface area contributed by atoms with E-state index < -0.39 is 0 Å². The summed E-state index contributed by atoms with van der Waals surface area (Å²) in [5.41, 5.74) is 0. The molecule has 1 saturated carbocycles.